The highest BCUT2D eigenvalue weighted by atomic mass is 16.5. The number of piperidine rings is 1. The number of benzene rings is 1. The van der Waals surface area contributed by atoms with Crippen LogP contribution in [0.4, 0.5) is 4.79 Å². The van der Waals surface area contributed by atoms with Gasteiger partial charge in [0.05, 0.1) is 7.11 Å². The Morgan fingerprint density at radius 3 is 2.70 bits per heavy atom. The number of carbonyl (C=O) groups excluding carboxylic acids is 2. The molecule has 3 fully saturated rings. The topological polar surface area (TPSA) is 70.7 Å². The third-order valence-corrected chi connectivity index (χ3v) is 7.39. The van der Waals surface area contributed by atoms with E-state index >= 15 is 0 Å². The summed E-state index contributed by atoms with van der Waals surface area (Å²) in [6, 6.07) is 6.30. The average Bonchev–Trinajstić information content (AvgIpc) is 2.91. The normalized spacial score (nSPS) is 36.3. The maximum atomic E-state index is 12.7. The van der Waals surface area contributed by atoms with Gasteiger partial charge in [-0.3, -0.25) is 10.1 Å². The van der Waals surface area contributed by atoms with E-state index < -0.39 is 5.54 Å². The summed E-state index contributed by atoms with van der Waals surface area (Å²) in [4.78, 5) is 27.1. The summed E-state index contributed by atoms with van der Waals surface area (Å²) in [6.07, 6.45) is 3.22. The van der Waals surface area contributed by atoms with Crippen molar-refractivity contribution in [2.45, 2.75) is 56.5 Å². The predicted molar refractivity (Wildman–Crippen MR) is 103 cm³/mol. The molecule has 6 nitrogen and oxygen atoms in total. The Morgan fingerprint density at radius 2 is 2.04 bits per heavy atom. The summed E-state index contributed by atoms with van der Waals surface area (Å²) in [5.41, 5.74) is 1.54. The Hall–Kier alpha value is -2.08. The van der Waals surface area contributed by atoms with Crippen molar-refractivity contribution in [3.05, 3.63) is 29.3 Å². The number of nitrogens with one attached hydrogen (secondary N) is 2. The summed E-state index contributed by atoms with van der Waals surface area (Å²) >= 11 is 0. The van der Waals surface area contributed by atoms with Gasteiger partial charge in [-0.25, -0.2) is 4.79 Å². The smallest absolute Gasteiger partial charge is 0.322 e. The minimum absolute atomic E-state index is 0.155. The maximum Gasteiger partial charge on any atom is 0.322 e. The molecule has 0 radical (unpaired) electrons. The molecule has 3 aliphatic rings. The molecule has 0 aromatic heterocycles. The summed E-state index contributed by atoms with van der Waals surface area (Å²) in [5.74, 6) is 1.10. The summed E-state index contributed by atoms with van der Waals surface area (Å²) < 4.78 is 5.52. The van der Waals surface area contributed by atoms with Crippen LogP contribution in [-0.4, -0.2) is 49.1 Å². The van der Waals surface area contributed by atoms with Gasteiger partial charge >= 0.3 is 6.03 Å². The van der Waals surface area contributed by atoms with Crippen LogP contribution in [0.15, 0.2) is 18.2 Å². The molecule has 1 unspecified atom stereocenters. The molecule has 2 saturated heterocycles. The lowest BCUT2D eigenvalue weighted by Gasteiger charge is -2.57. The number of rotatable bonds is 2. The van der Waals surface area contributed by atoms with Crippen LogP contribution in [0, 0.1) is 12.8 Å². The van der Waals surface area contributed by atoms with E-state index in [9.17, 15) is 9.59 Å². The largest absolute Gasteiger partial charge is 0.497 e. The van der Waals surface area contributed by atoms with Gasteiger partial charge in [0, 0.05) is 11.5 Å². The number of fused-ring (bicyclic) bond motifs is 1. The summed E-state index contributed by atoms with van der Waals surface area (Å²) in [6.45, 7) is 5.40. The number of nitrogens with zero attached hydrogens (tertiary/aromatic N) is 1. The molecule has 0 bridgehead atoms. The van der Waals surface area contributed by atoms with Crippen molar-refractivity contribution in [1.82, 2.24) is 15.5 Å². The first-order valence-electron chi connectivity index (χ1n) is 9.80. The monoisotopic (exact) mass is 371 g/mol. The van der Waals surface area contributed by atoms with E-state index in [1.165, 1.54) is 11.1 Å². The van der Waals surface area contributed by atoms with Gasteiger partial charge in [-0.2, -0.15) is 0 Å². The molecular formula is C21H29N3O3. The number of hydrogen-bond acceptors (Lipinski definition) is 4. The second kappa shape index (κ2) is 6.23. The first-order chi connectivity index (χ1) is 12.8. The summed E-state index contributed by atoms with van der Waals surface area (Å²) in [5, 5.41) is 5.45. The predicted octanol–water partition coefficient (Wildman–Crippen LogP) is 2.34. The Morgan fingerprint density at radius 1 is 1.26 bits per heavy atom. The molecule has 2 aliphatic heterocycles. The van der Waals surface area contributed by atoms with Crippen molar-refractivity contribution in [3.63, 3.8) is 0 Å². The van der Waals surface area contributed by atoms with E-state index in [1.807, 2.05) is 6.07 Å². The van der Waals surface area contributed by atoms with Crippen LogP contribution >= 0.6 is 0 Å². The zero-order valence-corrected chi connectivity index (χ0v) is 16.6. The number of aryl methyl sites for hydroxylation is 1. The van der Waals surface area contributed by atoms with Crippen molar-refractivity contribution in [3.8, 4) is 5.75 Å². The minimum atomic E-state index is -0.793. The van der Waals surface area contributed by atoms with Crippen LogP contribution in [0.2, 0.25) is 0 Å². The quantitative estimate of drug-likeness (QED) is 0.783. The van der Waals surface area contributed by atoms with Crippen LogP contribution < -0.4 is 15.4 Å². The first kappa shape index (κ1) is 18.3. The lowest BCUT2D eigenvalue weighted by Crippen LogP contribution is -2.63. The lowest BCUT2D eigenvalue weighted by atomic mass is 9.52. The highest BCUT2D eigenvalue weighted by Crippen LogP contribution is 2.55. The van der Waals surface area contributed by atoms with Crippen molar-refractivity contribution >= 4 is 11.9 Å². The van der Waals surface area contributed by atoms with E-state index in [0.29, 0.717) is 24.8 Å². The van der Waals surface area contributed by atoms with E-state index in [2.05, 4.69) is 48.6 Å². The van der Waals surface area contributed by atoms with E-state index in [4.69, 9.17) is 4.74 Å². The number of hydrogen-bond donors (Lipinski definition) is 2. The number of amides is 3. The molecule has 3 amide bonds. The number of imide groups is 1. The van der Waals surface area contributed by atoms with E-state index in [-0.39, 0.29) is 17.4 Å². The second-order valence-electron chi connectivity index (χ2n) is 8.62. The Labute approximate surface area is 160 Å². The molecule has 2 N–H and O–H groups in total. The third-order valence-electron chi connectivity index (χ3n) is 7.39. The number of likely N-dealkylation sites (tertiary alicyclic amines) is 1. The Balaban J connectivity index is 1.85. The van der Waals surface area contributed by atoms with Crippen LogP contribution in [-0.2, 0) is 10.2 Å². The zero-order valence-electron chi connectivity index (χ0n) is 16.6. The Bertz CT molecular complexity index is 795. The van der Waals surface area contributed by atoms with Crippen molar-refractivity contribution in [1.29, 1.82) is 0 Å². The molecule has 2 heterocycles. The fourth-order valence-corrected chi connectivity index (χ4v) is 5.82. The molecular weight excluding hydrogens is 342 g/mol. The first-order valence-corrected chi connectivity index (χ1v) is 9.80. The van der Waals surface area contributed by atoms with Crippen LogP contribution in [0.25, 0.3) is 0 Å². The molecule has 1 aromatic carbocycles. The van der Waals surface area contributed by atoms with Crippen molar-refractivity contribution < 1.29 is 14.3 Å². The molecule has 1 spiro atoms. The fraction of sp³-hybridized carbons (Fsp3) is 0.619. The summed E-state index contributed by atoms with van der Waals surface area (Å²) in [7, 11) is 3.87. The van der Waals surface area contributed by atoms with Crippen LogP contribution in [0.1, 0.15) is 43.7 Å². The highest BCUT2D eigenvalue weighted by molar-refractivity contribution is 6.07. The average molecular weight is 371 g/mol. The van der Waals surface area contributed by atoms with Gasteiger partial charge in [-0.05, 0) is 82.3 Å². The standard InChI is InChI=1S/C21H29N3O3/c1-13-5-6-15(27-4)11-17(13)20-9-10-24(3)14(2)16(20)7-8-21(12-20)18(25)22-19(26)23-21/h5-6,11,14,16H,7-10,12H2,1-4H3,(H2,22,23,25,26)/t14?,16-,20-,21-/m0/s1. The molecule has 6 heteroatoms. The van der Waals surface area contributed by atoms with Gasteiger partial charge in [0.15, 0.2) is 0 Å². The highest BCUT2D eigenvalue weighted by Gasteiger charge is 2.60. The van der Waals surface area contributed by atoms with E-state index in [0.717, 1.165) is 25.1 Å². The van der Waals surface area contributed by atoms with Gasteiger partial charge < -0.3 is 15.0 Å². The van der Waals surface area contributed by atoms with Crippen molar-refractivity contribution in [2.24, 2.45) is 5.92 Å². The van der Waals surface area contributed by atoms with Gasteiger partial charge in [0.1, 0.15) is 11.3 Å². The number of carbonyl (C=O) groups is 2. The number of urea groups is 1. The van der Waals surface area contributed by atoms with Gasteiger partial charge in [-0.15, -0.1) is 0 Å². The van der Waals surface area contributed by atoms with E-state index in [1.54, 1.807) is 7.11 Å². The molecule has 1 saturated carbocycles. The minimum Gasteiger partial charge on any atom is -0.497 e. The SMILES string of the molecule is COc1ccc(C)c([C@]23CCN(C)C(C)[C@@H]2CC[C@@]2(C3)NC(=O)NC2=O)c1. The second-order valence-corrected chi connectivity index (χ2v) is 8.62. The third kappa shape index (κ3) is 2.64. The molecule has 4 rings (SSSR count). The van der Waals surface area contributed by atoms with Gasteiger partial charge in [0.25, 0.3) is 5.91 Å². The number of methoxy groups -OCH3 is 1. The molecule has 1 aliphatic carbocycles. The molecule has 1 aromatic rings. The maximum absolute atomic E-state index is 12.7. The zero-order chi connectivity index (χ0) is 19.4. The van der Waals surface area contributed by atoms with Crippen LogP contribution in [0.3, 0.4) is 0 Å². The van der Waals surface area contributed by atoms with Crippen LogP contribution in [0.5, 0.6) is 5.75 Å². The van der Waals surface area contributed by atoms with Gasteiger partial charge in [-0.1, -0.05) is 6.07 Å². The Kier molecular flexibility index (Phi) is 4.22. The number of ether oxygens (including phenoxy) is 1. The molecule has 4 atom stereocenters. The lowest BCUT2D eigenvalue weighted by molar-refractivity contribution is -0.128. The molecule has 27 heavy (non-hydrogen) atoms. The van der Waals surface area contributed by atoms with Crippen molar-refractivity contribution in [2.75, 3.05) is 20.7 Å². The van der Waals surface area contributed by atoms with Gasteiger partial charge in [0.2, 0.25) is 0 Å². The molecule has 146 valence electrons. The fourth-order valence-electron chi connectivity index (χ4n) is 5.82.